The zero-order valence-electron chi connectivity index (χ0n) is 16.5. The van der Waals surface area contributed by atoms with Gasteiger partial charge in [-0.25, -0.2) is 9.18 Å². The molecule has 0 saturated carbocycles. The Morgan fingerprint density at radius 3 is 2.19 bits per heavy atom. The number of rotatable bonds is 6. The van der Waals surface area contributed by atoms with Crippen LogP contribution in [0.4, 0.5) is 14.9 Å². The third kappa shape index (κ3) is 4.02. The van der Waals surface area contributed by atoms with Crippen molar-refractivity contribution in [1.29, 1.82) is 0 Å². The molecule has 1 heterocycles. The molecule has 2 N–H and O–H groups in total. The van der Waals surface area contributed by atoms with Gasteiger partial charge in [0.25, 0.3) is 5.91 Å². The number of halogens is 1. The number of anilines is 1. The zero-order chi connectivity index (χ0) is 21.8. The summed E-state index contributed by atoms with van der Waals surface area (Å²) in [4.78, 5) is 39.6. The molecule has 0 bridgehead atoms. The van der Waals surface area contributed by atoms with E-state index in [2.05, 4.69) is 10.6 Å². The second-order valence-electron chi connectivity index (χ2n) is 7.28. The Kier molecular flexibility index (Phi) is 5.49. The maximum Gasteiger partial charge on any atom is 0.325 e. The van der Waals surface area contributed by atoms with Crippen LogP contribution in [0.5, 0.6) is 0 Å². The van der Waals surface area contributed by atoms with Crippen LogP contribution in [0.2, 0.25) is 0 Å². The van der Waals surface area contributed by atoms with Crippen molar-refractivity contribution in [2.75, 3.05) is 11.9 Å². The van der Waals surface area contributed by atoms with Crippen LogP contribution < -0.4 is 10.6 Å². The highest BCUT2D eigenvalue weighted by Gasteiger charge is 2.52. The molecule has 3 aromatic rings. The van der Waals surface area contributed by atoms with Crippen LogP contribution in [0, 0.1) is 5.82 Å². The third-order valence-electron chi connectivity index (χ3n) is 5.20. The van der Waals surface area contributed by atoms with Gasteiger partial charge in [-0.1, -0.05) is 72.8 Å². The summed E-state index contributed by atoms with van der Waals surface area (Å²) in [6, 6.07) is 23.3. The molecule has 6 nitrogen and oxygen atoms in total. The summed E-state index contributed by atoms with van der Waals surface area (Å²) in [7, 11) is 0. The number of urea groups is 1. The molecule has 4 rings (SSSR count). The molecule has 1 atom stereocenters. The van der Waals surface area contributed by atoms with Gasteiger partial charge in [0.15, 0.2) is 5.54 Å². The number of hydrogen-bond donors (Lipinski definition) is 2. The minimum atomic E-state index is -1.34. The number of nitrogens with zero attached hydrogens (tertiary/aromatic N) is 1. The van der Waals surface area contributed by atoms with Gasteiger partial charge in [0.2, 0.25) is 5.91 Å². The topological polar surface area (TPSA) is 78.5 Å². The number of imide groups is 1. The minimum absolute atomic E-state index is 0.0156. The van der Waals surface area contributed by atoms with Gasteiger partial charge in [0.05, 0.1) is 5.69 Å². The Balaban J connectivity index is 1.61. The van der Waals surface area contributed by atoms with Gasteiger partial charge < -0.3 is 10.6 Å². The Hall–Kier alpha value is -4.00. The average Bonchev–Trinajstić information content (AvgIpc) is 3.01. The predicted molar refractivity (Wildman–Crippen MR) is 114 cm³/mol. The molecule has 7 heteroatoms. The van der Waals surface area contributed by atoms with E-state index < -0.39 is 35.7 Å². The summed E-state index contributed by atoms with van der Waals surface area (Å²) in [5.74, 6) is -1.80. The monoisotopic (exact) mass is 417 g/mol. The highest BCUT2D eigenvalue weighted by Crippen LogP contribution is 2.33. The van der Waals surface area contributed by atoms with Crippen molar-refractivity contribution in [3.8, 4) is 0 Å². The van der Waals surface area contributed by atoms with Crippen LogP contribution in [0.1, 0.15) is 11.1 Å². The van der Waals surface area contributed by atoms with Crippen molar-refractivity contribution in [1.82, 2.24) is 10.2 Å². The van der Waals surface area contributed by atoms with E-state index in [4.69, 9.17) is 0 Å². The van der Waals surface area contributed by atoms with Crippen LogP contribution in [-0.2, 0) is 21.5 Å². The molecule has 156 valence electrons. The van der Waals surface area contributed by atoms with E-state index in [1.165, 1.54) is 18.2 Å². The van der Waals surface area contributed by atoms with Crippen molar-refractivity contribution < 1.29 is 18.8 Å². The molecular weight excluding hydrogens is 397 g/mol. The number of hydrogen-bond acceptors (Lipinski definition) is 3. The van der Waals surface area contributed by atoms with E-state index in [0.717, 1.165) is 10.5 Å². The van der Waals surface area contributed by atoms with E-state index in [0.29, 0.717) is 5.56 Å². The van der Waals surface area contributed by atoms with Crippen LogP contribution in [0.15, 0.2) is 84.9 Å². The summed E-state index contributed by atoms with van der Waals surface area (Å²) in [5.41, 5.74) is 0.128. The molecule has 0 unspecified atom stereocenters. The van der Waals surface area contributed by atoms with Crippen molar-refractivity contribution in [2.45, 2.75) is 12.0 Å². The maximum atomic E-state index is 13.8. The number of nitrogens with one attached hydrogen (secondary N) is 2. The summed E-state index contributed by atoms with van der Waals surface area (Å²) >= 11 is 0. The molecule has 0 spiro atoms. The number of benzene rings is 3. The molecule has 0 aliphatic carbocycles. The lowest BCUT2D eigenvalue weighted by Crippen LogP contribution is -2.46. The maximum absolute atomic E-state index is 13.8. The second kappa shape index (κ2) is 8.39. The fraction of sp³-hybridized carbons (Fsp3) is 0.125. The van der Waals surface area contributed by atoms with E-state index >= 15 is 0 Å². The first-order valence-corrected chi connectivity index (χ1v) is 9.77. The van der Waals surface area contributed by atoms with Gasteiger partial charge in [-0.15, -0.1) is 0 Å². The molecule has 1 saturated heterocycles. The SMILES string of the molecule is O=C(CN1C(=O)N[C@@](Cc2ccccc2)(c2ccccc2)C1=O)Nc1ccccc1F. The van der Waals surface area contributed by atoms with E-state index in [-0.39, 0.29) is 12.1 Å². The molecule has 1 aliphatic rings. The molecule has 0 aromatic heterocycles. The lowest BCUT2D eigenvalue weighted by Gasteiger charge is -2.27. The van der Waals surface area contributed by atoms with E-state index in [1.807, 2.05) is 36.4 Å². The molecule has 1 fully saturated rings. The number of carbonyl (C=O) groups excluding carboxylic acids is 3. The van der Waals surface area contributed by atoms with Crippen molar-refractivity contribution in [3.63, 3.8) is 0 Å². The Bertz CT molecular complexity index is 1120. The first-order chi connectivity index (χ1) is 15.0. The number of amides is 4. The lowest BCUT2D eigenvalue weighted by molar-refractivity contribution is -0.134. The predicted octanol–water partition coefficient (Wildman–Crippen LogP) is 3.45. The van der Waals surface area contributed by atoms with Crippen LogP contribution in [0.25, 0.3) is 0 Å². The fourth-order valence-corrected chi connectivity index (χ4v) is 3.71. The van der Waals surface area contributed by atoms with Crippen LogP contribution in [0.3, 0.4) is 0 Å². The molecule has 3 aromatic carbocycles. The average molecular weight is 417 g/mol. The van der Waals surface area contributed by atoms with Gasteiger partial charge in [-0.05, 0) is 23.3 Å². The molecule has 1 aliphatic heterocycles. The summed E-state index contributed by atoms with van der Waals surface area (Å²) < 4.78 is 13.8. The molecular formula is C24H20FN3O3. The van der Waals surface area contributed by atoms with Crippen molar-refractivity contribution >= 4 is 23.5 Å². The highest BCUT2D eigenvalue weighted by molar-refractivity contribution is 6.10. The smallest absolute Gasteiger partial charge is 0.322 e. The van der Waals surface area contributed by atoms with Crippen LogP contribution in [-0.4, -0.2) is 29.3 Å². The Labute approximate surface area is 178 Å². The Morgan fingerprint density at radius 1 is 0.903 bits per heavy atom. The first kappa shape index (κ1) is 20.3. The molecule has 0 radical (unpaired) electrons. The first-order valence-electron chi connectivity index (χ1n) is 9.77. The minimum Gasteiger partial charge on any atom is -0.322 e. The number of carbonyl (C=O) groups is 3. The van der Waals surface area contributed by atoms with Gasteiger partial charge in [-0.3, -0.25) is 14.5 Å². The third-order valence-corrected chi connectivity index (χ3v) is 5.20. The van der Waals surface area contributed by atoms with E-state index in [1.54, 1.807) is 30.3 Å². The summed E-state index contributed by atoms with van der Waals surface area (Å²) in [6.45, 7) is -0.525. The van der Waals surface area contributed by atoms with Crippen molar-refractivity contribution in [2.24, 2.45) is 0 Å². The fourth-order valence-electron chi connectivity index (χ4n) is 3.71. The van der Waals surface area contributed by atoms with Crippen molar-refractivity contribution in [3.05, 3.63) is 102 Å². The van der Waals surface area contributed by atoms with E-state index in [9.17, 15) is 18.8 Å². The summed E-state index contributed by atoms with van der Waals surface area (Å²) in [6.07, 6.45) is 0.230. The lowest BCUT2D eigenvalue weighted by atomic mass is 9.83. The highest BCUT2D eigenvalue weighted by atomic mass is 19.1. The number of para-hydroxylation sites is 1. The normalized spacial score (nSPS) is 18.0. The molecule has 4 amide bonds. The quantitative estimate of drug-likeness (QED) is 0.603. The largest absolute Gasteiger partial charge is 0.325 e. The van der Waals surface area contributed by atoms with Gasteiger partial charge >= 0.3 is 6.03 Å². The van der Waals surface area contributed by atoms with Gasteiger partial charge in [0.1, 0.15) is 12.4 Å². The Morgan fingerprint density at radius 2 is 1.52 bits per heavy atom. The standard InChI is InChI=1S/C24H20FN3O3/c25-19-13-7-8-14-20(19)26-21(29)16-28-22(30)24(27-23(28)31,18-11-5-2-6-12-18)15-17-9-3-1-4-10-17/h1-14H,15-16H2,(H,26,29)(H,27,31)/t24-/m0/s1. The van der Waals surface area contributed by atoms with Gasteiger partial charge in [0, 0.05) is 6.42 Å². The molecule has 31 heavy (non-hydrogen) atoms. The zero-order valence-corrected chi connectivity index (χ0v) is 16.5. The second-order valence-corrected chi connectivity index (χ2v) is 7.28. The van der Waals surface area contributed by atoms with Gasteiger partial charge in [-0.2, -0.15) is 0 Å². The van der Waals surface area contributed by atoms with Crippen LogP contribution >= 0.6 is 0 Å². The summed E-state index contributed by atoms with van der Waals surface area (Å²) in [5, 5.41) is 5.20.